The van der Waals surface area contributed by atoms with Crippen LogP contribution in [0.5, 0.6) is 0 Å². The van der Waals surface area contributed by atoms with Crippen LogP contribution >= 0.6 is 0 Å². The van der Waals surface area contributed by atoms with Crippen LogP contribution in [0.4, 0.5) is 0 Å². The highest BCUT2D eigenvalue weighted by atomic mass is 15.1. The standard InChI is InChI=1S/C17H27N3/c1-4-8-14(3)18-12-13-20-16-11-7-6-10-15(16)19-17(20)9-5-2/h6-7,10-11,14,18H,4-5,8-9,12-13H2,1-3H3. The first kappa shape index (κ1) is 15.0. The molecular formula is C17H27N3. The third-order valence-electron chi connectivity index (χ3n) is 3.76. The summed E-state index contributed by atoms with van der Waals surface area (Å²) >= 11 is 0. The summed E-state index contributed by atoms with van der Waals surface area (Å²) in [4.78, 5) is 4.77. The Morgan fingerprint density at radius 1 is 1.20 bits per heavy atom. The van der Waals surface area contributed by atoms with Crippen molar-refractivity contribution < 1.29 is 0 Å². The van der Waals surface area contributed by atoms with Crippen LogP contribution in [0.15, 0.2) is 24.3 Å². The van der Waals surface area contributed by atoms with Crippen molar-refractivity contribution in [1.29, 1.82) is 0 Å². The molecule has 0 aliphatic rings. The molecule has 2 rings (SSSR count). The Morgan fingerprint density at radius 3 is 2.75 bits per heavy atom. The van der Waals surface area contributed by atoms with E-state index in [1.54, 1.807) is 0 Å². The van der Waals surface area contributed by atoms with E-state index in [0.717, 1.165) is 31.4 Å². The van der Waals surface area contributed by atoms with Crippen LogP contribution in [-0.2, 0) is 13.0 Å². The SMILES string of the molecule is CCCc1nc2ccccc2n1CCNC(C)CCC. The van der Waals surface area contributed by atoms with Gasteiger partial charge in [0.25, 0.3) is 0 Å². The van der Waals surface area contributed by atoms with Gasteiger partial charge in [0.1, 0.15) is 5.82 Å². The maximum Gasteiger partial charge on any atom is 0.109 e. The second-order valence-corrected chi connectivity index (χ2v) is 5.56. The minimum atomic E-state index is 0.601. The maximum atomic E-state index is 4.77. The zero-order valence-corrected chi connectivity index (χ0v) is 13.0. The molecule has 20 heavy (non-hydrogen) atoms. The number of rotatable bonds is 8. The van der Waals surface area contributed by atoms with Gasteiger partial charge >= 0.3 is 0 Å². The molecule has 3 nitrogen and oxygen atoms in total. The van der Waals surface area contributed by atoms with Crippen molar-refractivity contribution in [2.24, 2.45) is 0 Å². The van der Waals surface area contributed by atoms with Gasteiger partial charge in [-0.05, 0) is 31.9 Å². The normalized spacial score (nSPS) is 12.9. The minimum absolute atomic E-state index is 0.601. The van der Waals surface area contributed by atoms with Gasteiger partial charge in [-0.25, -0.2) is 4.98 Å². The Kier molecular flexibility index (Phi) is 5.60. The number of nitrogens with zero attached hydrogens (tertiary/aromatic N) is 2. The predicted octanol–water partition coefficient (Wildman–Crippen LogP) is 3.77. The van der Waals surface area contributed by atoms with Crippen LogP contribution in [-0.4, -0.2) is 22.1 Å². The van der Waals surface area contributed by atoms with E-state index in [1.807, 2.05) is 0 Å². The number of para-hydroxylation sites is 2. The van der Waals surface area contributed by atoms with Gasteiger partial charge in [-0.2, -0.15) is 0 Å². The summed E-state index contributed by atoms with van der Waals surface area (Å²) in [6.07, 6.45) is 4.68. The van der Waals surface area contributed by atoms with Crippen LogP contribution in [0, 0.1) is 0 Å². The van der Waals surface area contributed by atoms with E-state index in [-0.39, 0.29) is 0 Å². The van der Waals surface area contributed by atoms with Gasteiger partial charge in [0.15, 0.2) is 0 Å². The smallest absolute Gasteiger partial charge is 0.109 e. The number of imidazole rings is 1. The Bertz CT molecular complexity index is 530. The molecule has 0 aliphatic heterocycles. The highest BCUT2D eigenvalue weighted by molar-refractivity contribution is 5.75. The Labute approximate surface area is 122 Å². The molecule has 0 spiro atoms. The lowest BCUT2D eigenvalue weighted by Crippen LogP contribution is -2.29. The van der Waals surface area contributed by atoms with Crippen LogP contribution in [0.2, 0.25) is 0 Å². The number of aromatic nitrogens is 2. The molecule has 0 fully saturated rings. The quantitative estimate of drug-likeness (QED) is 0.793. The van der Waals surface area contributed by atoms with Gasteiger partial charge in [-0.3, -0.25) is 0 Å². The topological polar surface area (TPSA) is 29.9 Å². The predicted molar refractivity (Wildman–Crippen MR) is 86.1 cm³/mol. The first-order chi connectivity index (χ1) is 9.76. The summed E-state index contributed by atoms with van der Waals surface area (Å²) in [5, 5.41) is 3.61. The molecule has 0 aliphatic carbocycles. The Morgan fingerprint density at radius 2 is 2.00 bits per heavy atom. The molecule has 1 N–H and O–H groups in total. The average Bonchev–Trinajstić information content (AvgIpc) is 2.78. The number of hydrogen-bond donors (Lipinski definition) is 1. The van der Waals surface area contributed by atoms with Gasteiger partial charge in [-0.1, -0.05) is 32.4 Å². The number of aryl methyl sites for hydroxylation is 1. The van der Waals surface area contributed by atoms with E-state index in [9.17, 15) is 0 Å². The van der Waals surface area contributed by atoms with E-state index in [4.69, 9.17) is 4.98 Å². The fourth-order valence-corrected chi connectivity index (χ4v) is 2.75. The molecule has 0 radical (unpaired) electrons. The van der Waals surface area contributed by atoms with Gasteiger partial charge in [-0.15, -0.1) is 0 Å². The van der Waals surface area contributed by atoms with E-state index in [0.29, 0.717) is 6.04 Å². The summed E-state index contributed by atoms with van der Waals surface area (Å²) in [6.45, 7) is 8.73. The van der Waals surface area contributed by atoms with Gasteiger partial charge in [0.2, 0.25) is 0 Å². The van der Waals surface area contributed by atoms with Crippen LogP contribution in [0.1, 0.15) is 45.9 Å². The molecular weight excluding hydrogens is 246 g/mol. The van der Waals surface area contributed by atoms with Crippen molar-refractivity contribution in [2.75, 3.05) is 6.54 Å². The molecule has 2 aromatic rings. The fraction of sp³-hybridized carbons (Fsp3) is 0.588. The van der Waals surface area contributed by atoms with Crippen LogP contribution in [0.25, 0.3) is 11.0 Å². The number of benzene rings is 1. The van der Waals surface area contributed by atoms with Crippen molar-refractivity contribution in [1.82, 2.24) is 14.9 Å². The monoisotopic (exact) mass is 273 g/mol. The summed E-state index contributed by atoms with van der Waals surface area (Å²) in [5.41, 5.74) is 2.39. The molecule has 0 amide bonds. The summed E-state index contributed by atoms with van der Waals surface area (Å²) in [7, 11) is 0. The second-order valence-electron chi connectivity index (χ2n) is 5.56. The Hall–Kier alpha value is -1.35. The molecule has 0 saturated carbocycles. The van der Waals surface area contributed by atoms with Crippen LogP contribution in [0.3, 0.4) is 0 Å². The molecule has 0 saturated heterocycles. The highest BCUT2D eigenvalue weighted by Gasteiger charge is 2.09. The summed E-state index contributed by atoms with van der Waals surface area (Å²) in [6, 6.07) is 9.06. The largest absolute Gasteiger partial charge is 0.327 e. The third kappa shape index (κ3) is 3.60. The van der Waals surface area contributed by atoms with Crippen molar-refractivity contribution in [3.05, 3.63) is 30.1 Å². The second kappa shape index (κ2) is 7.44. The molecule has 1 heterocycles. The molecule has 3 heteroatoms. The van der Waals surface area contributed by atoms with Crippen molar-refractivity contribution in [3.63, 3.8) is 0 Å². The molecule has 110 valence electrons. The first-order valence-corrected chi connectivity index (χ1v) is 7.93. The first-order valence-electron chi connectivity index (χ1n) is 7.93. The minimum Gasteiger partial charge on any atom is -0.327 e. The van der Waals surface area contributed by atoms with Crippen molar-refractivity contribution in [2.45, 2.75) is 59.0 Å². The maximum absolute atomic E-state index is 4.77. The number of nitrogens with one attached hydrogen (secondary N) is 1. The van der Waals surface area contributed by atoms with Crippen LogP contribution < -0.4 is 5.32 Å². The average molecular weight is 273 g/mol. The van der Waals surface area contributed by atoms with E-state index < -0.39 is 0 Å². The molecule has 1 atom stereocenters. The lowest BCUT2D eigenvalue weighted by Gasteiger charge is -2.14. The third-order valence-corrected chi connectivity index (χ3v) is 3.76. The zero-order valence-electron chi connectivity index (χ0n) is 13.0. The number of fused-ring (bicyclic) bond motifs is 1. The van der Waals surface area contributed by atoms with E-state index in [1.165, 1.54) is 24.2 Å². The van der Waals surface area contributed by atoms with E-state index in [2.05, 4.69) is 54.9 Å². The van der Waals surface area contributed by atoms with Gasteiger partial charge in [0, 0.05) is 25.6 Å². The summed E-state index contributed by atoms with van der Waals surface area (Å²) < 4.78 is 2.38. The molecule has 1 unspecified atom stereocenters. The van der Waals surface area contributed by atoms with Crippen molar-refractivity contribution in [3.8, 4) is 0 Å². The lowest BCUT2D eigenvalue weighted by atomic mass is 10.2. The molecule has 0 bridgehead atoms. The van der Waals surface area contributed by atoms with E-state index >= 15 is 0 Å². The van der Waals surface area contributed by atoms with Gasteiger partial charge in [0.05, 0.1) is 11.0 Å². The van der Waals surface area contributed by atoms with Gasteiger partial charge < -0.3 is 9.88 Å². The number of hydrogen-bond acceptors (Lipinski definition) is 2. The fourth-order valence-electron chi connectivity index (χ4n) is 2.75. The lowest BCUT2D eigenvalue weighted by molar-refractivity contribution is 0.484. The molecule has 1 aromatic carbocycles. The summed E-state index contributed by atoms with van der Waals surface area (Å²) in [5.74, 6) is 1.22. The molecule has 1 aromatic heterocycles. The zero-order chi connectivity index (χ0) is 14.4. The Balaban J connectivity index is 2.09. The highest BCUT2D eigenvalue weighted by Crippen LogP contribution is 2.16. The van der Waals surface area contributed by atoms with Crippen molar-refractivity contribution >= 4 is 11.0 Å².